The topological polar surface area (TPSA) is 36.9 Å². The van der Waals surface area contributed by atoms with Crippen molar-refractivity contribution >= 4 is 0 Å². The quantitative estimate of drug-likeness (QED) is 0.141. The molecule has 0 aliphatic rings. The van der Waals surface area contributed by atoms with E-state index >= 15 is 0 Å². The predicted octanol–water partition coefficient (Wildman–Crippen LogP) is 7.25. The van der Waals surface area contributed by atoms with E-state index in [4.69, 9.17) is 18.9 Å². The van der Waals surface area contributed by atoms with Crippen LogP contribution >= 0.6 is 0 Å². The average molecular weight is 403 g/mol. The summed E-state index contributed by atoms with van der Waals surface area (Å²) in [6, 6.07) is 0. The van der Waals surface area contributed by atoms with Crippen molar-refractivity contribution in [1.82, 2.24) is 0 Å². The minimum atomic E-state index is -1.06. The van der Waals surface area contributed by atoms with Crippen molar-refractivity contribution in [3.63, 3.8) is 0 Å². The van der Waals surface area contributed by atoms with E-state index in [9.17, 15) is 0 Å². The molecule has 0 heterocycles. The lowest BCUT2D eigenvalue weighted by Gasteiger charge is -2.39. The molecule has 0 aromatic heterocycles. The highest BCUT2D eigenvalue weighted by molar-refractivity contribution is 4.74. The maximum Gasteiger partial charge on any atom is 0.310 e. The molecule has 4 heteroatoms. The van der Waals surface area contributed by atoms with Crippen LogP contribution in [0.25, 0.3) is 0 Å². The van der Waals surface area contributed by atoms with Crippen molar-refractivity contribution in [2.45, 2.75) is 130 Å². The molecule has 0 aromatic carbocycles. The summed E-state index contributed by atoms with van der Waals surface area (Å²) in [5.41, 5.74) is 0. The Labute approximate surface area is 176 Å². The van der Waals surface area contributed by atoms with Gasteiger partial charge in [0.15, 0.2) is 0 Å². The molecule has 0 saturated heterocycles. The van der Waals surface area contributed by atoms with Crippen LogP contribution in [-0.2, 0) is 18.9 Å². The summed E-state index contributed by atoms with van der Waals surface area (Å²) in [6.07, 6.45) is 15.1. The molecular weight excluding hydrogens is 352 g/mol. The Morgan fingerprint density at radius 3 is 1.54 bits per heavy atom. The number of unbranched alkanes of at least 4 members (excludes halogenated alkanes) is 9. The van der Waals surface area contributed by atoms with Gasteiger partial charge in [0.05, 0.1) is 13.2 Å². The van der Waals surface area contributed by atoms with E-state index in [1.807, 2.05) is 13.8 Å². The molecule has 0 fully saturated rings. The van der Waals surface area contributed by atoms with Crippen molar-refractivity contribution < 1.29 is 18.9 Å². The summed E-state index contributed by atoms with van der Waals surface area (Å²) in [7, 11) is 0. The van der Waals surface area contributed by atoms with Gasteiger partial charge in [0.2, 0.25) is 0 Å². The van der Waals surface area contributed by atoms with Crippen LogP contribution in [0.15, 0.2) is 0 Å². The molecule has 0 aliphatic heterocycles. The van der Waals surface area contributed by atoms with Gasteiger partial charge in [-0.1, -0.05) is 85.0 Å². The first-order chi connectivity index (χ1) is 13.7. The van der Waals surface area contributed by atoms with Gasteiger partial charge in [-0.15, -0.1) is 0 Å². The normalized spacial score (nSPS) is 13.2. The largest absolute Gasteiger partial charge is 0.370 e. The molecular formula is C24H50O4. The standard InChI is InChI=1S/C24H50O4/c1-6-11-14-15-16-17-20-23(25-9-4)24(26-10-5,27-21-18-12-7-2)28-22-19-13-8-3/h23H,6-22H2,1-5H3. The third-order valence-corrected chi connectivity index (χ3v) is 5.03. The highest BCUT2D eigenvalue weighted by Crippen LogP contribution is 2.28. The molecule has 28 heavy (non-hydrogen) atoms. The Bertz CT molecular complexity index is 297. The fourth-order valence-corrected chi connectivity index (χ4v) is 3.41. The monoisotopic (exact) mass is 402 g/mol. The molecule has 0 bridgehead atoms. The zero-order valence-electron chi connectivity index (χ0n) is 19.7. The van der Waals surface area contributed by atoms with E-state index in [0.29, 0.717) is 26.4 Å². The number of hydrogen-bond donors (Lipinski definition) is 0. The van der Waals surface area contributed by atoms with Gasteiger partial charge in [-0.05, 0) is 33.1 Å². The van der Waals surface area contributed by atoms with Crippen molar-refractivity contribution in [2.75, 3.05) is 26.4 Å². The molecule has 0 aliphatic carbocycles. The first kappa shape index (κ1) is 27.8. The zero-order valence-corrected chi connectivity index (χ0v) is 19.7. The van der Waals surface area contributed by atoms with Crippen LogP contribution in [0.1, 0.15) is 118 Å². The third kappa shape index (κ3) is 13.1. The minimum Gasteiger partial charge on any atom is -0.370 e. The van der Waals surface area contributed by atoms with Crippen LogP contribution < -0.4 is 0 Å². The summed E-state index contributed by atoms with van der Waals surface area (Å²) >= 11 is 0. The van der Waals surface area contributed by atoms with Gasteiger partial charge in [0, 0.05) is 13.2 Å². The molecule has 0 rings (SSSR count). The average Bonchev–Trinajstić information content (AvgIpc) is 2.70. The first-order valence-electron chi connectivity index (χ1n) is 12.2. The lowest BCUT2D eigenvalue weighted by Crippen LogP contribution is -2.51. The lowest BCUT2D eigenvalue weighted by molar-refractivity contribution is -0.417. The Hall–Kier alpha value is -0.160. The van der Waals surface area contributed by atoms with Crippen LogP contribution in [-0.4, -0.2) is 38.5 Å². The summed E-state index contributed by atoms with van der Waals surface area (Å²) in [6.45, 7) is 13.2. The Kier molecular flexibility index (Phi) is 20.0. The molecule has 1 unspecified atom stereocenters. The van der Waals surface area contributed by atoms with E-state index in [-0.39, 0.29) is 6.10 Å². The molecule has 0 aromatic rings. The van der Waals surface area contributed by atoms with Gasteiger partial charge in [-0.3, -0.25) is 0 Å². The Balaban J connectivity index is 4.95. The molecule has 0 N–H and O–H groups in total. The maximum absolute atomic E-state index is 6.29. The van der Waals surface area contributed by atoms with Crippen LogP contribution in [0.5, 0.6) is 0 Å². The van der Waals surface area contributed by atoms with Crippen LogP contribution in [0.4, 0.5) is 0 Å². The van der Waals surface area contributed by atoms with E-state index in [2.05, 4.69) is 20.8 Å². The van der Waals surface area contributed by atoms with Crippen LogP contribution in [0, 0.1) is 0 Å². The maximum atomic E-state index is 6.29. The van der Waals surface area contributed by atoms with Gasteiger partial charge in [0.25, 0.3) is 0 Å². The van der Waals surface area contributed by atoms with E-state index in [0.717, 1.165) is 38.5 Å². The summed E-state index contributed by atoms with van der Waals surface area (Å²) in [4.78, 5) is 0. The van der Waals surface area contributed by atoms with Crippen molar-refractivity contribution in [1.29, 1.82) is 0 Å². The zero-order chi connectivity index (χ0) is 20.9. The van der Waals surface area contributed by atoms with Gasteiger partial charge < -0.3 is 18.9 Å². The molecule has 170 valence electrons. The molecule has 4 nitrogen and oxygen atoms in total. The fourth-order valence-electron chi connectivity index (χ4n) is 3.41. The highest BCUT2D eigenvalue weighted by Gasteiger charge is 2.43. The number of ether oxygens (including phenoxy) is 4. The van der Waals surface area contributed by atoms with Gasteiger partial charge in [0.1, 0.15) is 6.10 Å². The lowest BCUT2D eigenvalue weighted by atomic mass is 10.1. The second-order valence-electron chi connectivity index (χ2n) is 7.65. The second kappa shape index (κ2) is 20.1. The third-order valence-electron chi connectivity index (χ3n) is 5.03. The molecule has 0 radical (unpaired) electrons. The van der Waals surface area contributed by atoms with Crippen molar-refractivity contribution in [3.8, 4) is 0 Å². The Morgan fingerprint density at radius 1 is 0.536 bits per heavy atom. The summed E-state index contributed by atoms with van der Waals surface area (Å²) < 4.78 is 24.8. The number of rotatable bonds is 22. The van der Waals surface area contributed by atoms with E-state index in [1.54, 1.807) is 0 Å². The van der Waals surface area contributed by atoms with Gasteiger partial charge >= 0.3 is 5.97 Å². The SMILES string of the molecule is CCCCCCCCC(OCC)C(OCC)(OCCCCC)OCCCCC. The smallest absolute Gasteiger partial charge is 0.310 e. The van der Waals surface area contributed by atoms with E-state index < -0.39 is 5.97 Å². The minimum absolute atomic E-state index is 0.174. The van der Waals surface area contributed by atoms with Gasteiger partial charge in [-0.2, -0.15) is 0 Å². The van der Waals surface area contributed by atoms with Crippen LogP contribution in [0.3, 0.4) is 0 Å². The number of hydrogen-bond acceptors (Lipinski definition) is 4. The first-order valence-corrected chi connectivity index (χ1v) is 12.2. The molecule has 0 spiro atoms. The molecule has 1 atom stereocenters. The second-order valence-corrected chi connectivity index (χ2v) is 7.65. The summed E-state index contributed by atoms with van der Waals surface area (Å²) in [5, 5.41) is 0. The van der Waals surface area contributed by atoms with Crippen molar-refractivity contribution in [3.05, 3.63) is 0 Å². The van der Waals surface area contributed by atoms with Gasteiger partial charge in [-0.25, -0.2) is 0 Å². The fraction of sp³-hybridized carbons (Fsp3) is 1.00. The summed E-state index contributed by atoms with van der Waals surface area (Å²) in [5.74, 6) is -1.06. The predicted molar refractivity (Wildman–Crippen MR) is 119 cm³/mol. The molecule has 0 amide bonds. The Morgan fingerprint density at radius 2 is 1.04 bits per heavy atom. The molecule has 0 saturated carbocycles. The van der Waals surface area contributed by atoms with Crippen molar-refractivity contribution in [2.24, 2.45) is 0 Å². The highest BCUT2D eigenvalue weighted by atomic mass is 16.9. The van der Waals surface area contributed by atoms with Crippen LogP contribution in [0.2, 0.25) is 0 Å². The van der Waals surface area contributed by atoms with E-state index in [1.165, 1.54) is 44.9 Å².